The number of nitrogens with one attached hydrogen (secondary N) is 1. The molecule has 0 bridgehead atoms. The summed E-state index contributed by atoms with van der Waals surface area (Å²) >= 11 is 2.58. The first-order valence-corrected chi connectivity index (χ1v) is 12.5. The Hall–Kier alpha value is -3.11. The second kappa shape index (κ2) is 11.8. The van der Waals surface area contributed by atoms with Crippen LogP contribution in [0.3, 0.4) is 0 Å². The molecule has 1 aromatic carbocycles. The molecule has 0 spiro atoms. The monoisotopic (exact) mass is 500 g/mol. The first-order chi connectivity index (χ1) is 16.3. The third-order valence-corrected chi connectivity index (χ3v) is 6.80. The Kier molecular flexibility index (Phi) is 8.89. The summed E-state index contributed by atoms with van der Waals surface area (Å²) in [6.45, 7) is 10.7. The number of amides is 1. The first kappa shape index (κ1) is 25.5. The van der Waals surface area contributed by atoms with E-state index < -0.39 is 5.97 Å². The van der Waals surface area contributed by atoms with Crippen molar-refractivity contribution in [3.05, 3.63) is 64.8 Å². The van der Waals surface area contributed by atoms with Crippen LogP contribution >= 0.6 is 23.1 Å². The minimum atomic E-state index is -0.485. The van der Waals surface area contributed by atoms with E-state index in [4.69, 9.17) is 9.47 Å². The summed E-state index contributed by atoms with van der Waals surface area (Å²) in [5, 5.41) is 12.3. The molecule has 0 aliphatic heterocycles. The van der Waals surface area contributed by atoms with Gasteiger partial charge >= 0.3 is 5.97 Å². The molecule has 8 nitrogen and oxygen atoms in total. The summed E-state index contributed by atoms with van der Waals surface area (Å²) in [7, 11) is 1.31. The molecule has 0 aliphatic rings. The number of hydrogen-bond acceptors (Lipinski definition) is 8. The summed E-state index contributed by atoms with van der Waals surface area (Å²) in [5.41, 5.74) is 1.59. The lowest BCUT2D eigenvalue weighted by Crippen LogP contribution is -2.16. The summed E-state index contributed by atoms with van der Waals surface area (Å²) in [5.74, 6) is 1.20. The van der Waals surface area contributed by atoms with Crippen molar-refractivity contribution in [2.45, 2.75) is 45.0 Å². The van der Waals surface area contributed by atoms with Gasteiger partial charge in [0.1, 0.15) is 17.4 Å². The molecule has 3 rings (SSSR count). The Morgan fingerprint density at radius 2 is 2.00 bits per heavy atom. The molecule has 0 saturated heterocycles. The van der Waals surface area contributed by atoms with Crippen LogP contribution in [0.2, 0.25) is 0 Å². The standard InChI is InChI=1S/C24H28N4O4S2/c1-6-11-28-20(13-32-18-9-7-17(8-10-18)15(2)3)26-27-24(28)33-14-21(29)25-22-19(23(30)31-5)12-16(4)34-22/h6-10,12,15H,1,11,13-14H2,2-5H3,(H,25,29). The Balaban J connectivity index is 1.62. The van der Waals surface area contributed by atoms with E-state index in [1.165, 1.54) is 35.8 Å². The van der Waals surface area contributed by atoms with Crippen LogP contribution in [0.4, 0.5) is 5.00 Å². The number of rotatable bonds is 11. The van der Waals surface area contributed by atoms with Crippen molar-refractivity contribution in [1.29, 1.82) is 0 Å². The molecular formula is C24H28N4O4S2. The lowest BCUT2D eigenvalue weighted by atomic mass is 10.0. The van der Waals surface area contributed by atoms with Crippen molar-refractivity contribution in [3.8, 4) is 5.75 Å². The molecule has 10 heteroatoms. The second-order valence-corrected chi connectivity index (χ2v) is 9.94. The van der Waals surface area contributed by atoms with Crippen molar-refractivity contribution in [3.63, 3.8) is 0 Å². The molecule has 0 saturated carbocycles. The van der Waals surface area contributed by atoms with E-state index in [0.29, 0.717) is 34.0 Å². The molecule has 3 aromatic rings. The van der Waals surface area contributed by atoms with Crippen molar-refractivity contribution in [1.82, 2.24) is 14.8 Å². The third kappa shape index (κ3) is 6.48. The number of anilines is 1. The normalized spacial score (nSPS) is 10.9. The maximum Gasteiger partial charge on any atom is 0.340 e. The highest BCUT2D eigenvalue weighted by Gasteiger charge is 2.19. The number of thiophene rings is 1. The van der Waals surface area contributed by atoms with Gasteiger partial charge in [0.15, 0.2) is 11.0 Å². The number of esters is 1. The maximum absolute atomic E-state index is 12.5. The first-order valence-electron chi connectivity index (χ1n) is 10.7. The van der Waals surface area contributed by atoms with Gasteiger partial charge in [-0.3, -0.25) is 9.36 Å². The predicted octanol–water partition coefficient (Wildman–Crippen LogP) is 5.05. The molecule has 0 atom stereocenters. The summed E-state index contributed by atoms with van der Waals surface area (Å²) in [6, 6.07) is 9.68. The predicted molar refractivity (Wildman–Crippen MR) is 135 cm³/mol. The molecule has 0 fully saturated rings. The number of hydrogen-bond donors (Lipinski definition) is 1. The minimum absolute atomic E-state index is 0.102. The smallest absolute Gasteiger partial charge is 0.340 e. The fourth-order valence-electron chi connectivity index (χ4n) is 3.10. The lowest BCUT2D eigenvalue weighted by Gasteiger charge is -2.10. The van der Waals surface area contributed by atoms with E-state index >= 15 is 0 Å². The highest BCUT2D eigenvalue weighted by molar-refractivity contribution is 7.99. The average molecular weight is 501 g/mol. The number of carbonyl (C=O) groups excluding carboxylic acids is 2. The summed E-state index contributed by atoms with van der Waals surface area (Å²) in [6.07, 6.45) is 1.74. The molecule has 2 aromatic heterocycles. The SMILES string of the molecule is C=CCn1c(COc2ccc(C(C)C)cc2)nnc1SCC(=O)Nc1sc(C)cc1C(=O)OC. The molecular weight excluding hydrogens is 472 g/mol. The van der Waals surface area contributed by atoms with Gasteiger partial charge in [0.2, 0.25) is 5.91 Å². The van der Waals surface area contributed by atoms with E-state index in [1.54, 1.807) is 12.1 Å². The highest BCUT2D eigenvalue weighted by Crippen LogP contribution is 2.29. The largest absolute Gasteiger partial charge is 0.486 e. The fourth-order valence-corrected chi connectivity index (χ4v) is 4.79. The van der Waals surface area contributed by atoms with Crippen LogP contribution in [0.5, 0.6) is 5.75 Å². The fraction of sp³-hybridized carbons (Fsp3) is 0.333. The van der Waals surface area contributed by atoms with Crippen LogP contribution in [-0.2, 0) is 22.7 Å². The van der Waals surface area contributed by atoms with Crippen LogP contribution < -0.4 is 10.1 Å². The third-order valence-electron chi connectivity index (χ3n) is 4.87. The minimum Gasteiger partial charge on any atom is -0.486 e. The van der Waals surface area contributed by atoms with Gasteiger partial charge in [-0.15, -0.1) is 28.1 Å². The molecule has 1 N–H and O–H groups in total. The van der Waals surface area contributed by atoms with E-state index in [9.17, 15) is 9.59 Å². The molecule has 180 valence electrons. The number of ether oxygens (including phenoxy) is 2. The summed E-state index contributed by atoms with van der Waals surface area (Å²) < 4.78 is 12.5. The molecule has 34 heavy (non-hydrogen) atoms. The topological polar surface area (TPSA) is 95.3 Å². The van der Waals surface area contributed by atoms with Crippen LogP contribution in [0, 0.1) is 6.92 Å². The Morgan fingerprint density at radius 3 is 2.65 bits per heavy atom. The van der Waals surface area contributed by atoms with Crippen LogP contribution in [0.25, 0.3) is 0 Å². The number of nitrogens with zero attached hydrogens (tertiary/aromatic N) is 3. The molecule has 0 unspecified atom stereocenters. The number of carbonyl (C=O) groups is 2. The van der Waals surface area contributed by atoms with Gasteiger partial charge in [-0.2, -0.15) is 0 Å². The van der Waals surface area contributed by atoms with Gasteiger partial charge in [0.05, 0.1) is 18.4 Å². The molecule has 2 heterocycles. The van der Waals surface area contributed by atoms with Crippen LogP contribution in [0.15, 0.2) is 48.1 Å². The number of allylic oxidation sites excluding steroid dienone is 1. The number of aryl methyl sites for hydroxylation is 1. The van der Waals surface area contributed by atoms with Crippen molar-refractivity contribution in [2.75, 3.05) is 18.2 Å². The van der Waals surface area contributed by atoms with E-state index in [2.05, 4.69) is 48.1 Å². The van der Waals surface area contributed by atoms with Gasteiger partial charge < -0.3 is 14.8 Å². The van der Waals surface area contributed by atoms with Gasteiger partial charge in [0, 0.05) is 11.4 Å². The van der Waals surface area contributed by atoms with Gasteiger partial charge in [-0.1, -0.05) is 43.8 Å². The summed E-state index contributed by atoms with van der Waals surface area (Å²) in [4.78, 5) is 25.4. The zero-order valence-corrected chi connectivity index (χ0v) is 21.3. The van der Waals surface area contributed by atoms with E-state index in [-0.39, 0.29) is 18.3 Å². The lowest BCUT2D eigenvalue weighted by molar-refractivity contribution is -0.113. The van der Waals surface area contributed by atoms with Crippen molar-refractivity contribution < 1.29 is 19.1 Å². The van der Waals surface area contributed by atoms with Crippen molar-refractivity contribution >= 4 is 40.0 Å². The maximum atomic E-state index is 12.5. The molecule has 0 radical (unpaired) electrons. The Morgan fingerprint density at radius 1 is 1.26 bits per heavy atom. The number of methoxy groups -OCH3 is 1. The van der Waals surface area contributed by atoms with Gasteiger partial charge in [-0.05, 0) is 36.6 Å². The van der Waals surface area contributed by atoms with E-state index in [1.807, 2.05) is 23.6 Å². The number of aromatic nitrogens is 3. The molecule has 0 aliphatic carbocycles. The zero-order valence-electron chi connectivity index (χ0n) is 19.7. The van der Waals surface area contributed by atoms with Crippen LogP contribution in [0.1, 0.15) is 46.4 Å². The quantitative estimate of drug-likeness (QED) is 0.223. The molecule has 1 amide bonds. The van der Waals surface area contributed by atoms with Crippen LogP contribution in [-0.4, -0.2) is 39.5 Å². The highest BCUT2D eigenvalue weighted by atomic mass is 32.2. The Labute approximate surface area is 207 Å². The Bertz CT molecular complexity index is 1150. The number of thioether (sulfide) groups is 1. The van der Waals surface area contributed by atoms with Crippen molar-refractivity contribution in [2.24, 2.45) is 0 Å². The second-order valence-electron chi connectivity index (χ2n) is 7.74. The van der Waals surface area contributed by atoms with E-state index in [0.717, 1.165) is 10.6 Å². The number of benzene rings is 1. The van der Waals surface area contributed by atoms with Gasteiger partial charge in [-0.25, -0.2) is 4.79 Å². The zero-order chi connectivity index (χ0) is 24.7. The van der Waals surface area contributed by atoms with Gasteiger partial charge in [0.25, 0.3) is 0 Å². The average Bonchev–Trinajstić information content (AvgIpc) is 3.38.